The number of hydrogen-bond acceptors (Lipinski definition) is 4. The molecule has 0 aromatic carbocycles. The first kappa shape index (κ1) is 9.15. The molecule has 1 aromatic rings. The molecule has 0 aliphatic heterocycles. The second-order valence-electron chi connectivity index (χ2n) is 2.08. The quantitative estimate of drug-likeness (QED) is 0.423. The molecule has 0 aliphatic rings. The van der Waals surface area contributed by atoms with E-state index in [9.17, 15) is 14.9 Å². The van der Waals surface area contributed by atoms with Crippen molar-refractivity contribution in [3.63, 3.8) is 0 Å². The van der Waals surface area contributed by atoms with Gasteiger partial charge in [-0.1, -0.05) is 11.6 Å². The summed E-state index contributed by atoms with van der Waals surface area (Å²) in [4.78, 5) is 20.6. The van der Waals surface area contributed by atoms with E-state index < -0.39 is 4.92 Å². The molecule has 0 atom stereocenters. The lowest BCUT2D eigenvalue weighted by Crippen LogP contribution is -1.96. The van der Waals surface area contributed by atoms with Crippen molar-refractivity contribution < 1.29 is 9.72 Å². The number of carbonyl (C=O) groups excluding carboxylic acids is 1. The minimum absolute atomic E-state index is 0.0465. The fourth-order valence-corrected chi connectivity index (χ4v) is 1.85. The van der Waals surface area contributed by atoms with Crippen LogP contribution in [0, 0.1) is 10.1 Å². The van der Waals surface area contributed by atoms with Crippen molar-refractivity contribution in [1.29, 1.82) is 0 Å². The molecule has 0 radical (unpaired) electrons. The Morgan fingerprint density at radius 1 is 1.75 bits per heavy atom. The van der Waals surface area contributed by atoms with Gasteiger partial charge in [0.2, 0.25) is 0 Å². The average Bonchev–Trinajstić information content (AvgIpc) is 2.30. The highest BCUT2D eigenvalue weighted by molar-refractivity contribution is 7.15. The number of halogens is 1. The summed E-state index contributed by atoms with van der Waals surface area (Å²) < 4.78 is 0.0465. The van der Waals surface area contributed by atoms with Gasteiger partial charge < -0.3 is 0 Å². The van der Waals surface area contributed by atoms with E-state index in [1.54, 1.807) is 0 Å². The van der Waals surface area contributed by atoms with Crippen LogP contribution in [0.5, 0.6) is 0 Å². The summed E-state index contributed by atoms with van der Waals surface area (Å²) in [6, 6.07) is 0. The van der Waals surface area contributed by atoms with Gasteiger partial charge in [0.05, 0.1) is 4.92 Å². The molecule has 1 rings (SSSR count). The smallest absolute Gasteiger partial charge is 0.294 e. The fourth-order valence-electron chi connectivity index (χ4n) is 0.748. The number of ketones is 1. The first-order valence-corrected chi connectivity index (χ1v) is 4.22. The molecule has 64 valence electrons. The van der Waals surface area contributed by atoms with E-state index in [0.717, 1.165) is 11.3 Å². The maximum atomic E-state index is 10.8. The van der Waals surface area contributed by atoms with Crippen molar-refractivity contribution in [2.24, 2.45) is 0 Å². The van der Waals surface area contributed by atoms with Crippen molar-refractivity contribution in [3.8, 4) is 0 Å². The van der Waals surface area contributed by atoms with Gasteiger partial charge in [0.25, 0.3) is 0 Å². The Morgan fingerprint density at radius 3 is 2.67 bits per heavy atom. The van der Waals surface area contributed by atoms with E-state index >= 15 is 0 Å². The molecule has 0 aliphatic carbocycles. The number of nitro groups is 1. The standard InChI is InChI=1S/C6H4ClNO3S/c1-3(9)4-2-12-6(7)5(4)8(10)11/h2H,1H3. The van der Waals surface area contributed by atoms with Crippen LogP contribution in [0.3, 0.4) is 0 Å². The van der Waals surface area contributed by atoms with Crippen LogP contribution in [-0.4, -0.2) is 10.7 Å². The van der Waals surface area contributed by atoms with Gasteiger partial charge >= 0.3 is 5.69 Å². The number of hydrogen-bond donors (Lipinski definition) is 0. The van der Waals surface area contributed by atoms with Gasteiger partial charge in [0.1, 0.15) is 5.56 Å². The monoisotopic (exact) mass is 205 g/mol. The Kier molecular flexibility index (Phi) is 2.44. The zero-order valence-corrected chi connectivity index (χ0v) is 7.61. The minimum Gasteiger partial charge on any atom is -0.294 e. The van der Waals surface area contributed by atoms with Gasteiger partial charge in [-0.15, -0.1) is 11.3 Å². The van der Waals surface area contributed by atoms with Gasteiger partial charge in [0.15, 0.2) is 10.1 Å². The summed E-state index contributed by atoms with van der Waals surface area (Å²) >= 11 is 6.50. The predicted octanol–water partition coefficient (Wildman–Crippen LogP) is 2.51. The van der Waals surface area contributed by atoms with Crippen LogP contribution in [0.25, 0.3) is 0 Å². The van der Waals surface area contributed by atoms with E-state index in [-0.39, 0.29) is 21.4 Å². The number of carbonyl (C=O) groups is 1. The van der Waals surface area contributed by atoms with Gasteiger partial charge in [-0.25, -0.2) is 0 Å². The third kappa shape index (κ3) is 1.46. The maximum Gasteiger partial charge on any atom is 0.309 e. The van der Waals surface area contributed by atoms with Gasteiger partial charge in [0, 0.05) is 5.38 Å². The number of thiophene rings is 1. The van der Waals surface area contributed by atoms with E-state index in [0.29, 0.717) is 0 Å². The molecule has 12 heavy (non-hydrogen) atoms. The molecule has 0 saturated heterocycles. The van der Waals surface area contributed by atoms with E-state index in [2.05, 4.69) is 0 Å². The van der Waals surface area contributed by atoms with Crippen LogP contribution in [0.15, 0.2) is 5.38 Å². The molecule has 0 saturated carbocycles. The molecule has 1 heterocycles. The zero-order valence-electron chi connectivity index (χ0n) is 6.04. The second kappa shape index (κ2) is 3.20. The molecular weight excluding hydrogens is 202 g/mol. The first-order chi connectivity index (χ1) is 5.54. The maximum absolute atomic E-state index is 10.8. The van der Waals surface area contributed by atoms with Crippen molar-refractivity contribution in [2.75, 3.05) is 0 Å². The normalized spacial score (nSPS) is 9.83. The summed E-state index contributed by atoms with van der Waals surface area (Å²) in [5.74, 6) is -0.343. The second-order valence-corrected chi connectivity index (χ2v) is 3.57. The molecule has 0 N–H and O–H groups in total. The van der Waals surface area contributed by atoms with E-state index in [4.69, 9.17) is 11.6 Å². The van der Waals surface area contributed by atoms with Gasteiger partial charge in [-0.3, -0.25) is 14.9 Å². The van der Waals surface area contributed by atoms with Crippen LogP contribution in [0.1, 0.15) is 17.3 Å². The molecule has 4 nitrogen and oxygen atoms in total. The average molecular weight is 206 g/mol. The molecule has 0 fully saturated rings. The third-order valence-electron chi connectivity index (χ3n) is 1.28. The SMILES string of the molecule is CC(=O)c1csc(Cl)c1[N+](=O)[O-]. The Bertz CT molecular complexity index is 347. The van der Waals surface area contributed by atoms with Crippen LogP contribution >= 0.6 is 22.9 Å². The van der Waals surface area contributed by atoms with Crippen LogP contribution < -0.4 is 0 Å². The highest BCUT2D eigenvalue weighted by Gasteiger charge is 2.23. The summed E-state index contributed by atoms with van der Waals surface area (Å²) in [5, 5.41) is 11.8. The van der Waals surface area contributed by atoms with Crippen molar-refractivity contribution >= 4 is 34.4 Å². The Labute approximate surface area is 76.9 Å². The van der Waals surface area contributed by atoms with Gasteiger partial charge in [-0.2, -0.15) is 0 Å². The van der Waals surface area contributed by atoms with Crippen LogP contribution in [0.2, 0.25) is 4.34 Å². The van der Waals surface area contributed by atoms with Crippen molar-refractivity contribution in [2.45, 2.75) is 6.92 Å². The highest BCUT2D eigenvalue weighted by atomic mass is 35.5. The lowest BCUT2D eigenvalue weighted by atomic mass is 10.2. The molecular formula is C6H4ClNO3S. The topological polar surface area (TPSA) is 60.2 Å². The Balaban J connectivity index is 3.31. The summed E-state index contributed by atoms with van der Waals surface area (Å²) in [6.07, 6.45) is 0. The van der Waals surface area contributed by atoms with Crippen molar-refractivity contribution in [3.05, 3.63) is 25.4 Å². The summed E-state index contributed by atoms with van der Waals surface area (Å²) in [5.41, 5.74) is -0.204. The largest absolute Gasteiger partial charge is 0.309 e. The summed E-state index contributed by atoms with van der Waals surface area (Å²) in [6.45, 7) is 1.27. The highest BCUT2D eigenvalue weighted by Crippen LogP contribution is 2.34. The first-order valence-electron chi connectivity index (χ1n) is 2.96. The summed E-state index contributed by atoms with van der Waals surface area (Å²) in [7, 11) is 0. The fraction of sp³-hybridized carbons (Fsp3) is 0.167. The predicted molar refractivity (Wildman–Crippen MR) is 46.0 cm³/mol. The number of rotatable bonds is 2. The van der Waals surface area contributed by atoms with E-state index in [1.807, 2.05) is 0 Å². The lowest BCUT2D eigenvalue weighted by molar-refractivity contribution is -0.384. The lowest BCUT2D eigenvalue weighted by Gasteiger charge is -1.89. The Hall–Kier alpha value is -0.940. The molecule has 0 bridgehead atoms. The minimum atomic E-state index is -0.643. The molecule has 1 aromatic heterocycles. The Morgan fingerprint density at radius 2 is 2.33 bits per heavy atom. The van der Waals surface area contributed by atoms with Crippen LogP contribution in [-0.2, 0) is 0 Å². The number of nitrogens with zero attached hydrogens (tertiary/aromatic N) is 1. The molecule has 0 amide bonds. The molecule has 6 heteroatoms. The third-order valence-corrected chi connectivity index (χ3v) is 2.48. The van der Waals surface area contributed by atoms with E-state index in [1.165, 1.54) is 12.3 Å². The number of Topliss-reactive ketones (excluding diaryl/α,β-unsaturated/α-hetero) is 1. The van der Waals surface area contributed by atoms with Crippen molar-refractivity contribution in [1.82, 2.24) is 0 Å². The molecule has 0 unspecified atom stereocenters. The van der Waals surface area contributed by atoms with Crippen LogP contribution in [0.4, 0.5) is 5.69 Å². The zero-order chi connectivity index (χ0) is 9.30. The van der Waals surface area contributed by atoms with Gasteiger partial charge in [-0.05, 0) is 6.92 Å². The molecule has 0 spiro atoms.